The maximum Gasteiger partial charge on any atom is 0.164 e. The minimum Gasteiger partial charge on any atom is -0.456 e. The predicted octanol–water partition coefficient (Wildman–Crippen LogP) is 12.6. The van der Waals surface area contributed by atoms with E-state index in [-0.39, 0.29) is 0 Å². The number of aromatic nitrogens is 3. The van der Waals surface area contributed by atoms with Gasteiger partial charge in [0.05, 0.1) is 0 Å². The number of benzene rings is 8. The molecule has 5 heteroatoms. The van der Waals surface area contributed by atoms with E-state index >= 15 is 0 Å². The molecule has 242 valence electrons. The molecular formula is C47H27N3O2. The third kappa shape index (κ3) is 4.46. The van der Waals surface area contributed by atoms with Gasteiger partial charge < -0.3 is 8.83 Å². The van der Waals surface area contributed by atoms with Crippen LogP contribution < -0.4 is 0 Å². The molecule has 0 spiro atoms. The van der Waals surface area contributed by atoms with Crippen molar-refractivity contribution in [3.05, 3.63) is 164 Å². The average Bonchev–Trinajstić information content (AvgIpc) is 3.78. The Balaban J connectivity index is 1.21. The van der Waals surface area contributed by atoms with E-state index in [0.29, 0.717) is 17.5 Å². The van der Waals surface area contributed by atoms with Crippen molar-refractivity contribution in [2.45, 2.75) is 0 Å². The highest BCUT2D eigenvalue weighted by atomic mass is 16.3. The van der Waals surface area contributed by atoms with Gasteiger partial charge in [-0.2, -0.15) is 0 Å². The number of rotatable bonds is 4. The van der Waals surface area contributed by atoms with Gasteiger partial charge in [-0.3, -0.25) is 0 Å². The monoisotopic (exact) mass is 665 g/mol. The van der Waals surface area contributed by atoms with Gasteiger partial charge in [0.1, 0.15) is 22.3 Å². The highest BCUT2D eigenvalue weighted by Gasteiger charge is 2.21. The van der Waals surface area contributed by atoms with Gasteiger partial charge >= 0.3 is 0 Å². The third-order valence-corrected chi connectivity index (χ3v) is 10.1. The molecule has 0 radical (unpaired) electrons. The molecule has 0 atom stereocenters. The Labute approximate surface area is 297 Å². The van der Waals surface area contributed by atoms with Crippen molar-refractivity contribution in [2.24, 2.45) is 0 Å². The number of para-hydroxylation sites is 2. The molecule has 0 fully saturated rings. The van der Waals surface area contributed by atoms with Crippen LogP contribution in [0.1, 0.15) is 0 Å². The van der Waals surface area contributed by atoms with Gasteiger partial charge in [-0.05, 0) is 81.2 Å². The second kappa shape index (κ2) is 11.2. The molecule has 52 heavy (non-hydrogen) atoms. The van der Waals surface area contributed by atoms with Crippen LogP contribution in [0.3, 0.4) is 0 Å². The summed E-state index contributed by atoms with van der Waals surface area (Å²) in [6.07, 6.45) is 0. The van der Waals surface area contributed by atoms with E-state index in [0.717, 1.165) is 71.7 Å². The molecule has 0 amide bonds. The molecule has 0 saturated carbocycles. The third-order valence-electron chi connectivity index (χ3n) is 10.1. The van der Waals surface area contributed by atoms with Crippen molar-refractivity contribution in [2.75, 3.05) is 0 Å². The Bertz CT molecular complexity index is 3190. The fourth-order valence-corrected chi connectivity index (χ4v) is 7.69. The molecule has 3 heterocycles. The average molecular weight is 666 g/mol. The number of fused-ring (bicyclic) bond motifs is 9. The Morgan fingerprint density at radius 1 is 0.308 bits per heavy atom. The highest BCUT2D eigenvalue weighted by Crippen LogP contribution is 2.43. The molecule has 0 aliphatic rings. The molecule has 11 rings (SSSR count). The smallest absolute Gasteiger partial charge is 0.164 e. The summed E-state index contributed by atoms with van der Waals surface area (Å²) in [6.45, 7) is 0. The summed E-state index contributed by atoms with van der Waals surface area (Å²) in [4.78, 5) is 15.5. The van der Waals surface area contributed by atoms with Crippen LogP contribution in [0, 0.1) is 0 Å². The van der Waals surface area contributed by atoms with Crippen molar-refractivity contribution in [1.29, 1.82) is 0 Å². The summed E-state index contributed by atoms with van der Waals surface area (Å²) in [5.41, 5.74) is 8.08. The first-order chi connectivity index (χ1) is 25.7. The van der Waals surface area contributed by atoms with Crippen LogP contribution in [-0.4, -0.2) is 15.0 Å². The van der Waals surface area contributed by atoms with Gasteiger partial charge in [-0.25, -0.2) is 15.0 Å². The van der Waals surface area contributed by atoms with Crippen molar-refractivity contribution < 1.29 is 8.83 Å². The highest BCUT2D eigenvalue weighted by molar-refractivity contribution is 6.17. The van der Waals surface area contributed by atoms with E-state index in [1.165, 1.54) is 21.5 Å². The largest absolute Gasteiger partial charge is 0.456 e. The summed E-state index contributed by atoms with van der Waals surface area (Å²) >= 11 is 0. The lowest BCUT2D eigenvalue weighted by Gasteiger charge is -2.14. The van der Waals surface area contributed by atoms with Gasteiger partial charge in [-0.1, -0.05) is 115 Å². The van der Waals surface area contributed by atoms with E-state index in [4.69, 9.17) is 23.8 Å². The lowest BCUT2D eigenvalue weighted by molar-refractivity contribution is 0.668. The van der Waals surface area contributed by atoms with Crippen LogP contribution in [0.5, 0.6) is 0 Å². The Kier molecular flexibility index (Phi) is 6.18. The first-order valence-corrected chi connectivity index (χ1v) is 17.3. The molecule has 0 saturated heterocycles. The zero-order valence-electron chi connectivity index (χ0n) is 27.7. The quantitative estimate of drug-likeness (QED) is 0.175. The number of hydrogen-bond acceptors (Lipinski definition) is 5. The van der Waals surface area contributed by atoms with E-state index in [1.54, 1.807) is 0 Å². The Morgan fingerprint density at radius 3 is 1.73 bits per heavy atom. The van der Waals surface area contributed by atoms with Gasteiger partial charge in [0, 0.05) is 38.2 Å². The first kappa shape index (κ1) is 28.7. The summed E-state index contributed by atoms with van der Waals surface area (Å²) in [5.74, 6) is 1.75. The second-order valence-corrected chi connectivity index (χ2v) is 13.2. The van der Waals surface area contributed by atoms with Crippen LogP contribution in [0.2, 0.25) is 0 Å². The van der Waals surface area contributed by atoms with Gasteiger partial charge in [0.2, 0.25) is 0 Å². The van der Waals surface area contributed by atoms with E-state index in [1.807, 2.05) is 78.9 Å². The maximum absolute atomic E-state index is 6.60. The van der Waals surface area contributed by atoms with Gasteiger partial charge in [0.25, 0.3) is 0 Å². The molecule has 0 bridgehead atoms. The SMILES string of the molecule is c1ccc(-c2nc(-c3ccc4oc5ccccc5c4c3)nc(-c3cc(-c4cc5ccccc5c5ccccc45)cc4oc5ccccc5c34)n2)cc1. The summed E-state index contributed by atoms with van der Waals surface area (Å²) in [5, 5.41) is 8.84. The molecule has 8 aromatic carbocycles. The zero-order chi connectivity index (χ0) is 34.2. The second-order valence-electron chi connectivity index (χ2n) is 13.2. The summed E-state index contributed by atoms with van der Waals surface area (Å²) in [7, 11) is 0. The minimum atomic E-state index is 0.574. The van der Waals surface area contributed by atoms with Crippen molar-refractivity contribution in [1.82, 2.24) is 15.0 Å². The molecule has 3 aromatic heterocycles. The minimum absolute atomic E-state index is 0.574. The molecule has 0 unspecified atom stereocenters. The van der Waals surface area contributed by atoms with Crippen LogP contribution in [-0.2, 0) is 0 Å². The lowest BCUT2D eigenvalue weighted by atomic mass is 9.91. The molecule has 5 nitrogen and oxygen atoms in total. The van der Waals surface area contributed by atoms with Crippen molar-refractivity contribution in [3.63, 3.8) is 0 Å². The molecular weight excluding hydrogens is 639 g/mol. The van der Waals surface area contributed by atoms with Crippen LogP contribution in [0.4, 0.5) is 0 Å². The lowest BCUT2D eigenvalue weighted by Crippen LogP contribution is -2.00. The van der Waals surface area contributed by atoms with E-state index < -0.39 is 0 Å². The Morgan fingerprint density at radius 2 is 0.904 bits per heavy atom. The molecule has 0 N–H and O–H groups in total. The normalized spacial score (nSPS) is 11.8. The number of furan rings is 2. The fourth-order valence-electron chi connectivity index (χ4n) is 7.69. The van der Waals surface area contributed by atoms with Gasteiger partial charge in [0.15, 0.2) is 17.5 Å². The summed E-state index contributed by atoms with van der Waals surface area (Å²) < 4.78 is 12.8. The fraction of sp³-hybridized carbons (Fsp3) is 0. The predicted molar refractivity (Wildman–Crippen MR) is 211 cm³/mol. The standard InChI is InChI=1S/C47H27N3O2/c1-2-12-28(13-3-1)45-48-46(30-22-23-42-38(25-30)35-18-8-10-20-40(35)51-42)50-47(49-45)39-26-31(27-43-44(39)36-19-9-11-21-41(36)52-43)37-24-29-14-4-5-15-32(29)33-16-6-7-17-34(33)37/h1-27H. The number of hydrogen-bond donors (Lipinski definition) is 0. The van der Waals surface area contributed by atoms with Crippen LogP contribution >= 0.6 is 0 Å². The first-order valence-electron chi connectivity index (χ1n) is 17.3. The summed E-state index contributed by atoms with van der Waals surface area (Å²) in [6, 6.07) is 56.4. The van der Waals surface area contributed by atoms with Crippen LogP contribution in [0.15, 0.2) is 173 Å². The molecule has 11 aromatic rings. The zero-order valence-corrected chi connectivity index (χ0v) is 27.7. The Hall–Kier alpha value is -7.11. The topological polar surface area (TPSA) is 65.0 Å². The number of nitrogens with zero attached hydrogens (tertiary/aromatic N) is 3. The van der Waals surface area contributed by atoms with Crippen LogP contribution in [0.25, 0.3) is 111 Å². The van der Waals surface area contributed by atoms with E-state index in [9.17, 15) is 0 Å². The van der Waals surface area contributed by atoms with E-state index in [2.05, 4.69) is 84.9 Å². The van der Waals surface area contributed by atoms with Crippen molar-refractivity contribution >= 4 is 65.4 Å². The molecule has 0 aliphatic carbocycles. The van der Waals surface area contributed by atoms with Gasteiger partial charge in [-0.15, -0.1) is 0 Å². The molecule has 0 aliphatic heterocycles. The van der Waals surface area contributed by atoms with Crippen molar-refractivity contribution in [3.8, 4) is 45.3 Å². The maximum atomic E-state index is 6.60.